The van der Waals surface area contributed by atoms with Gasteiger partial charge >= 0.3 is 0 Å². The number of pyridine rings is 3. The summed E-state index contributed by atoms with van der Waals surface area (Å²) in [4.78, 5) is 22.9. The van der Waals surface area contributed by atoms with Crippen LogP contribution in [0.3, 0.4) is 0 Å². The smallest absolute Gasteiger partial charge is 0.181 e. The number of fused-ring (bicyclic) bond motifs is 2. The molecule has 3 N–H and O–H groups in total. The van der Waals surface area contributed by atoms with E-state index in [9.17, 15) is 0 Å². The molecule has 0 spiro atoms. The summed E-state index contributed by atoms with van der Waals surface area (Å²) in [6.45, 7) is 3.15. The zero-order valence-electron chi connectivity index (χ0n) is 19.2. The number of H-pyrrole nitrogens is 2. The zero-order chi connectivity index (χ0) is 23.6. The van der Waals surface area contributed by atoms with E-state index in [2.05, 4.69) is 66.0 Å². The molecule has 0 aliphatic rings. The molecule has 0 unspecified atom stereocenters. The van der Waals surface area contributed by atoms with Gasteiger partial charge < -0.3 is 10.3 Å². The topological polar surface area (TPSA) is 108 Å². The largest absolute Gasteiger partial charge is 0.384 e. The van der Waals surface area contributed by atoms with Gasteiger partial charge in [-0.1, -0.05) is 25.8 Å². The van der Waals surface area contributed by atoms with E-state index in [0.717, 1.165) is 62.3 Å². The summed E-state index contributed by atoms with van der Waals surface area (Å²) in [6, 6.07) is 8.32. The Bertz CT molecular complexity index is 1600. The highest BCUT2D eigenvalue weighted by atomic mass is 32.1. The number of imidazole rings is 1. The first-order valence-corrected chi connectivity index (χ1v) is 12.6. The fourth-order valence-electron chi connectivity index (χ4n) is 4.20. The SMILES string of the molecule is CCCCCNc1cncc(-c2cnc3n[nH]c(-c4nc5c(-c6cccs6)cncc5[nH]4)c3c2)c1. The van der Waals surface area contributed by atoms with Crippen molar-refractivity contribution in [2.75, 3.05) is 11.9 Å². The van der Waals surface area contributed by atoms with Gasteiger partial charge in [-0.25, -0.2) is 9.97 Å². The third-order valence-electron chi connectivity index (χ3n) is 6.01. The molecule has 0 atom stereocenters. The standard InChI is InChI=1S/C26H24N8S/c1-2-3-4-7-29-18-9-16(11-27-13-18)17-10-19-24(33-34-25(19)30-12-17)26-31-21-15-28-14-20(23(21)32-26)22-6-5-8-35-22/h5-6,8-15,29H,2-4,7H2,1H3,(H,31,32)(H,30,33,34). The van der Waals surface area contributed by atoms with Gasteiger partial charge in [0.05, 0.1) is 22.8 Å². The summed E-state index contributed by atoms with van der Waals surface area (Å²) in [5.41, 5.74) is 7.20. The van der Waals surface area contributed by atoms with Gasteiger partial charge in [-0.05, 0) is 30.0 Å². The third-order valence-corrected chi connectivity index (χ3v) is 6.91. The molecule has 0 amide bonds. The van der Waals surface area contributed by atoms with E-state index in [4.69, 9.17) is 4.98 Å². The van der Waals surface area contributed by atoms with Crippen LogP contribution in [0.1, 0.15) is 26.2 Å². The van der Waals surface area contributed by atoms with Crippen molar-refractivity contribution in [1.29, 1.82) is 0 Å². The van der Waals surface area contributed by atoms with Gasteiger partial charge in [-0.3, -0.25) is 15.1 Å². The van der Waals surface area contributed by atoms with Gasteiger partial charge in [0.25, 0.3) is 0 Å². The van der Waals surface area contributed by atoms with Crippen molar-refractivity contribution >= 4 is 39.1 Å². The van der Waals surface area contributed by atoms with Crippen LogP contribution in [0.15, 0.2) is 60.6 Å². The molecule has 35 heavy (non-hydrogen) atoms. The predicted molar refractivity (Wildman–Crippen MR) is 141 cm³/mol. The number of hydrogen-bond donors (Lipinski definition) is 3. The van der Waals surface area contributed by atoms with Crippen LogP contribution in [-0.4, -0.2) is 41.7 Å². The summed E-state index contributed by atoms with van der Waals surface area (Å²) < 4.78 is 0. The molecule has 9 heteroatoms. The lowest BCUT2D eigenvalue weighted by atomic mass is 10.1. The van der Waals surface area contributed by atoms with E-state index >= 15 is 0 Å². The van der Waals surface area contributed by atoms with E-state index in [1.54, 1.807) is 17.5 Å². The Balaban J connectivity index is 1.37. The first-order valence-electron chi connectivity index (χ1n) is 11.7. The number of aromatic nitrogens is 7. The predicted octanol–water partition coefficient (Wildman–Crippen LogP) is 6.29. The van der Waals surface area contributed by atoms with Crippen LogP contribution >= 0.6 is 11.3 Å². The highest BCUT2D eigenvalue weighted by Gasteiger charge is 2.16. The average molecular weight is 481 g/mol. The second-order valence-electron chi connectivity index (χ2n) is 8.44. The average Bonchev–Trinajstić information content (AvgIpc) is 3.65. The van der Waals surface area contributed by atoms with Crippen molar-refractivity contribution in [3.8, 4) is 33.1 Å². The third kappa shape index (κ3) is 4.15. The van der Waals surface area contributed by atoms with Crippen molar-refractivity contribution < 1.29 is 0 Å². The number of hydrogen-bond acceptors (Lipinski definition) is 7. The molecular formula is C26H24N8S. The maximum absolute atomic E-state index is 4.92. The maximum Gasteiger partial charge on any atom is 0.181 e. The van der Waals surface area contributed by atoms with Gasteiger partial charge in [-0.2, -0.15) is 5.10 Å². The molecule has 8 nitrogen and oxygen atoms in total. The highest BCUT2D eigenvalue weighted by Crippen LogP contribution is 2.33. The zero-order valence-corrected chi connectivity index (χ0v) is 20.1. The molecule has 174 valence electrons. The van der Waals surface area contributed by atoms with Crippen LogP contribution in [0.2, 0.25) is 0 Å². The summed E-state index contributed by atoms with van der Waals surface area (Å²) in [5, 5.41) is 14.0. The number of nitrogens with one attached hydrogen (secondary N) is 3. The summed E-state index contributed by atoms with van der Waals surface area (Å²) >= 11 is 1.67. The van der Waals surface area contributed by atoms with Crippen LogP contribution in [0.5, 0.6) is 0 Å². The fourth-order valence-corrected chi connectivity index (χ4v) is 4.94. The number of nitrogens with zero attached hydrogens (tertiary/aromatic N) is 5. The molecule has 0 bridgehead atoms. The Morgan fingerprint density at radius 1 is 1.00 bits per heavy atom. The first-order chi connectivity index (χ1) is 17.3. The van der Waals surface area contributed by atoms with Crippen LogP contribution in [0.4, 0.5) is 5.69 Å². The molecular weight excluding hydrogens is 456 g/mol. The minimum Gasteiger partial charge on any atom is -0.384 e. The number of thiophene rings is 1. The Labute approximate surface area is 205 Å². The molecule has 0 saturated heterocycles. The van der Waals surface area contributed by atoms with Gasteiger partial charge in [0.15, 0.2) is 11.5 Å². The van der Waals surface area contributed by atoms with Crippen molar-refractivity contribution in [2.24, 2.45) is 0 Å². The minimum absolute atomic E-state index is 0.641. The Morgan fingerprint density at radius 2 is 1.91 bits per heavy atom. The lowest BCUT2D eigenvalue weighted by Gasteiger charge is -2.08. The number of rotatable bonds is 8. The fraction of sp³-hybridized carbons (Fsp3) is 0.192. The lowest BCUT2D eigenvalue weighted by Crippen LogP contribution is -2.01. The van der Waals surface area contributed by atoms with Crippen LogP contribution in [-0.2, 0) is 0 Å². The number of anilines is 1. The molecule has 0 aliphatic carbocycles. The molecule has 0 fully saturated rings. The number of aromatic amines is 2. The van der Waals surface area contributed by atoms with E-state index in [0.29, 0.717) is 11.5 Å². The van der Waals surface area contributed by atoms with E-state index in [-0.39, 0.29) is 0 Å². The Hall–Kier alpha value is -4.11. The summed E-state index contributed by atoms with van der Waals surface area (Å²) in [6.07, 6.45) is 12.8. The second kappa shape index (κ2) is 9.27. The minimum atomic E-state index is 0.641. The molecule has 6 aromatic heterocycles. The van der Waals surface area contributed by atoms with Gasteiger partial charge in [-0.15, -0.1) is 11.3 Å². The van der Waals surface area contributed by atoms with Crippen molar-refractivity contribution in [3.05, 3.63) is 60.6 Å². The van der Waals surface area contributed by atoms with E-state index in [1.165, 1.54) is 12.8 Å². The molecule has 0 aromatic carbocycles. The van der Waals surface area contributed by atoms with Crippen LogP contribution in [0, 0.1) is 0 Å². The monoisotopic (exact) mass is 480 g/mol. The van der Waals surface area contributed by atoms with Crippen molar-refractivity contribution in [2.45, 2.75) is 26.2 Å². The highest BCUT2D eigenvalue weighted by molar-refractivity contribution is 7.13. The molecule has 6 rings (SSSR count). The van der Waals surface area contributed by atoms with Crippen molar-refractivity contribution in [1.82, 2.24) is 35.1 Å². The van der Waals surface area contributed by atoms with Gasteiger partial charge in [0.1, 0.15) is 11.2 Å². The van der Waals surface area contributed by atoms with Gasteiger partial charge in [0, 0.05) is 52.9 Å². The second-order valence-corrected chi connectivity index (χ2v) is 9.38. The molecule has 6 aromatic rings. The molecule has 0 aliphatic heterocycles. The van der Waals surface area contributed by atoms with Crippen molar-refractivity contribution in [3.63, 3.8) is 0 Å². The molecule has 0 radical (unpaired) electrons. The maximum atomic E-state index is 4.92. The quantitative estimate of drug-likeness (QED) is 0.221. The summed E-state index contributed by atoms with van der Waals surface area (Å²) in [5.74, 6) is 0.705. The normalized spacial score (nSPS) is 11.5. The van der Waals surface area contributed by atoms with E-state index < -0.39 is 0 Å². The first kappa shape index (κ1) is 21.4. The van der Waals surface area contributed by atoms with E-state index in [1.807, 2.05) is 30.9 Å². The summed E-state index contributed by atoms with van der Waals surface area (Å²) in [7, 11) is 0. The van der Waals surface area contributed by atoms with Gasteiger partial charge in [0.2, 0.25) is 0 Å². The molecule has 0 saturated carbocycles. The van der Waals surface area contributed by atoms with Crippen LogP contribution in [0.25, 0.3) is 55.2 Å². The van der Waals surface area contributed by atoms with Crippen LogP contribution < -0.4 is 5.32 Å². The Kier molecular flexibility index (Phi) is 5.67. The number of unbranched alkanes of at least 4 members (excludes halogenated alkanes) is 2. The lowest BCUT2D eigenvalue weighted by molar-refractivity contribution is 0.743. The molecule has 6 heterocycles. The Morgan fingerprint density at radius 3 is 2.80 bits per heavy atom.